The average Bonchev–Trinajstić information content (AvgIpc) is 3.36. The summed E-state index contributed by atoms with van der Waals surface area (Å²) in [6.45, 7) is 2.94. The van der Waals surface area contributed by atoms with Crippen molar-refractivity contribution >= 4 is 49.9 Å². The first-order chi connectivity index (χ1) is 14.3. The molecule has 0 bridgehead atoms. The summed E-state index contributed by atoms with van der Waals surface area (Å²) < 4.78 is 6.63. The summed E-state index contributed by atoms with van der Waals surface area (Å²) in [4.78, 5) is 30.8. The molecule has 1 amide bonds. The van der Waals surface area contributed by atoms with E-state index in [2.05, 4.69) is 15.9 Å². The molecule has 1 N–H and O–H groups in total. The molecule has 156 valence electrons. The summed E-state index contributed by atoms with van der Waals surface area (Å²) in [7, 11) is 3.83. The summed E-state index contributed by atoms with van der Waals surface area (Å²) in [5.41, 5.74) is 1.61. The average molecular weight is 489 g/mol. The van der Waals surface area contributed by atoms with Gasteiger partial charge in [-0.2, -0.15) is 0 Å². The van der Waals surface area contributed by atoms with Crippen LogP contribution >= 0.6 is 27.3 Å². The number of carbonyl (C=O) groups is 2. The maximum absolute atomic E-state index is 13.5. The molecule has 6 nitrogen and oxygen atoms in total. The van der Waals surface area contributed by atoms with Gasteiger partial charge in [0.05, 0.1) is 5.57 Å². The number of aliphatic hydroxyl groups is 1. The van der Waals surface area contributed by atoms with E-state index in [1.807, 2.05) is 49.5 Å². The molecule has 1 aliphatic rings. The number of benzene rings is 1. The molecule has 1 unspecified atom stereocenters. The van der Waals surface area contributed by atoms with Crippen molar-refractivity contribution in [2.45, 2.75) is 13.0 Å². The fourth-order valence-corrected chi connectivity index (χ4v) is 5.05. The van der Waals surface area contributed by atoms with E-state index in [-0.39, 0.29) is 11.3 Å². The Labute approximate surface area is 186 Å². The molecule has 2 aromatic heterocycles. The number of likely N-dealkylation sites (N-methyl/N-ethyl adjacent to an activating group) is 1. The number of hydrogen-bond acceptors (Lipinski definition) is 6. The van der Waals surface area contributed by atoms with Gasteiger partial charge in [0.15, 0.2) is 11.5 Å². The zero-order chi connectivity index (χ0) is 21.6. The number of Topliss-reactive ketones (excluding diaryl/α,β-unsaturated/α-hetero) is 1. The van der Waals surface area contributed by atoms with Gasteiger partial charge in [-0.1, -0.05) is 15.9 Å². The van der Waals surface area contributed by atoms with E-state index in [9.17, 15) is 14.7 Å². The predicted octanol–water partition coefficient (Wildman–Crippen LogP) is 4.71. The molecule has 0 spiro atoms. The van der Waals surface area contributed by atoms with Crippen molar-refractivity contribution in [2.75, 3.05) is 27.2 Å². The lowest BCUT2D eigenvalue weighted by Gasteiger charge is -2.27. The lowest BCUT2D eigenvalue weighted by atomic mass is 9.98. The van der Waals surface area contributed by atoms with Crippen molar-refractivity contribution < 1.29 is 19.1 Å². The van der Waals surface area contributed by atoms with E-state index in [1.54, 1.807) is 17.0 Å². The van der Waals surface area contributed by atoms with E-state index >= 15 is 0 Å². The molecule has 8 heteroatoms. The Kier molecular flexibility index (Phi) is 5.57. The molecule has 1 aromatic carbocycles. The molecule has 4 rings (SSSR count). The summed E-state index contributed by atoms with van der Waals surface area (Å²) in [5.74, 6) is -1.40. The number of fused-ring (bicyclic) bond motifs is 1. The van der Waals surface area contributed by atoms with Gasteiger partial charge in [0, 0.05) is 27.8 Å². The number of carbonyl (C=O) groups excluding carboxylic acids is 2. The Morgan fingerprint density at radius 2 is 2.07 bits per heavy atom. The molecule has 0 saturated heterocycles. The van der Waals surface area contributed by atoms with E-state index in [0.717, 1.165) is 20.3 Å². The van der Waals surface area contributed by atoms with Crippen LogP contribution in [0.15, 0.2) is 55.9 Å². The maximum Gasteiger partial charge on any atom is 0.290 e. The Morgan fingerprint density at radius 3 is 2.73 bits per heavy atom. The van der Waals surface area contributed by atoms with Crippen LogP contribution in [0.4, 0.5) is 0 Å². The second-order valence-corrected chi connectivity index (χ2v) is 9.42. The topological polar surface area (TPSA) is 74.0 Å². The lowest BCUT2D eigenvalue weighted by Crippen LogP contribution is -2.36. The number of aliphatic hydroxyl groups excluding tert-OH is 1. The number of thiophene rings is 1. The van der Waals surface area contributed by atoms with Crippen molar-refractivity contribution in [1.29, 1.82) is 0 Å². The molecule has 3 aromatic rings. The first-order valence-corrected chi connectivity index (χ1v) is 11.1. The summed E-state index contributed by atoms with van der Waals surface area (Å²) in [6.07, 6.45) is 0. The van der Waals surface area contributed by atoms with Gasteiger partial charge in [0.1, 0.15) is 11.6 Å². The highest BCUT2D eigenvalue weighted by Gasteiger charge is 2.45. The zero-order valence-corrected chi connectivity index (χ0v) is 19.2. The third-order valence-electron chi connectivity index (χ3n) is 5.19. The highest BCUT2D eigenvalue weighted by Crippen LogP contribution is 2.42. The minimum Gasteiger partial charge on any atom is -0.503 e. The van der Waals surface area contributed by atoms with Crippen LogP contribution in [0.1, 0.15) is 27.0 Å². The van der Waals surface area contributed by atoms with Gasteiger partial charge in [0.25, 0.3) is 5.91 Å². The number of amides is 1. The quantitative estimate of drug-likeness (QED) is 0.508. The lowest BCUT2D eigenvalue weighted by molar-refractivity contribution is -0.129. The van der Waals surface area contributed by atoms with E-state index in [0.29, 0.717) is 18.7 Å². The SMILES string of the molecule is Cc1ccsc1C1C(C(=O)c2cc3cc(Br)ccc3o2)=C(O)C(=O)N1CCN(C)C. The number of aryl methyl sites for hydroxylation is 1. The van der Waals surface area contributed by atoms with Gasteiger partial charge in [-0.3, -0.25) is 9.59 Å². The summed E-state index contributed by atoms with van der Waals surface area (Å²) in [6, 6.07) is 8.42. The Balaban J connectivity index is 1.79. The monoisotopic (exact) mass is 488 g/mol. The third-order valence-corrected chi connectivity index (χ3v) is 6.75. The summed E-state index contributed by atoms with van der Waals surface area (Å²) >= 11 is 4.88. The first-order valence-electron chi connectivity index (χ1n) is 9.44. The number of halogens is 1. The van der Waals surface area contributed by atoms with Crippen molar-refractivity contribution in [1.82, 2.24) is 9.80 Å². The molecule has 0 fully saturated rings. The molecular weight excluding hydrogens is 468 g/mol. The smallest absolute Gasteiger partial charge is 0.290 e. The molecule has 0 radical (unpaired) electrons. The van der Waals surface area contributed by atoms with Crippen LogP contribution in [-0.4, -0.2) is 53.8 Å². The van der Waals surface area contributed by atoms with Crippen LogP contribution in [0, 0.1) is 6.92 Å². The molecule has 1 aliphatic heterocycles. The van der Waals surface area contributed by atoms with E-state index in [1.165, 1.54) is 11.3 Å². The van der Waals surface area contributed by atoms with Gasteiger partial charge in [-0.05, 0) is 62.3 Å². The largest absolute Gasteiger partial charge is 0.503 e. The van der Waals surface area contributed by atoms with Crippen molar-refractivity contribution in [3.05, 3.63) is 67.7 Å². The van der Waals surface area contributed by atoms with Crippen LogP contribution in [0.3, 0.4) is 0 Å². The van der Waals surface area contributed by atoms with Crippen LogP contribution in [0.25, 0.3) is 11.0 Å². The second-order valence-electron chi connectivity index (χ2n) is 7.56. The van der Waals surface area contributed by atoms with Crippen LogP contribution < -0.4 is 0 Å². The highest BCUT2D eigenvalue weighted by molar-refractivity contribution is 9.10. The molecule has 0 saturated carbocycles. The fourth-order valence-electron chi connectivity index (χ4n) is 3.62. The number of hydrogen-bond donors (Lipinski definition) is 1. The molecule has 3 heterocycles. The van der Waals surface area contributed by atoms with Gasteiger partial charge in [-0.25, -0.2) is 0 Å². The van der Waals surface area contributed by atoms with Crippen LogP contribution in [-0.2, 0) is 4.79 Å². The Bertz CT molecular complexity index is 1180. The molecule has 1 atom stereocenters. The van der Waals surface area contributed by atoms with Gasteiger partial charge in [0.2, 0.25) is 5.78 Å². The van der Waals surface area contributed by atoms with Crippen LogP contribution in [0.5, 0.6) is 0 Å². The third kappa shape index (κ3) is 3.59. The van der Waals surface area contributed by atoms with E-state index in [4.69, 9.17) is 4.42 Å². The fraction of sp³-hybridized carbons (Fsp3) is 0.273. The minimum atomic E-state index is -0.634. The number of ketones is 1. The molecule has 0 aliphatic carbocycles. The number of rotatable bonds is 6. The first kappa shape index (κ1) is 20.8. The minimum absolute atomic E-state index is 0.0717. The zero-order valence-electron chi connectivity index (χ0n) is 16.8. The highest BCUT2D eigenvalue weighted by atomic mass is 79.9. The van der Waals surface area contributed by atoms with Gasteiger partial charge >= 0.3 is 0 Å². The molecule has 30 heavy (non-hydrogen) atoms. The number of nitrogens with zero attached hydrogens (tertiary/aromatic N) is 2. The van der Waals surface area contributed by atoms with E-state index < -0.39 is 23.5 Å². The molecular formula is C22H21BrN2O4S. The normalized spacial score (nSPS) is 17.0. The van der Waals surface area contributed by atoms with Crippen molar-refractivity contribution in [3.8, 4) is 0 Å². The standard InChI is InChI=1S/C22H21BrN2O4S/c1-12-6-9-30-21(12)18-17(20(27)22(28)25(18)8-7-24(2)3)19(26)16-11-13-10-14(23)4-5-15(13)29-16/h4-6,9-11,18,27H,7-8H2,1-3H3. The Morgan fingerprint density at radius 1 is 1.30 bits per heavy atom. The van der Waals surface area contributed by atoms with Crippen LogP contribution in [0.2, 0.25) is 0 Å². The summed E-state index contributed by atoms with van der Waals surface area (Å²) in [5, 5.41) is 13.4. The van der Waals surface area contributed by atoms with Gasteiger partial charge in [-0.15, -0.1) is 11.3 Å². The second kappa shape index (κ2) is 8.02. The Hall–Kier alpha value is -2.42. The van der Waals surface area contributed by atoms with Crippen molar-refractivity contribution in [3.63, 3.8) is 0 Å². The van der Waals surface area contributed by atoms with Crippen molar-refractivity contribution in [2.24, 2.45) is 0 Å². The maximum atomic E-state index is 13.5. The predicted molar refractivity (Wildman–Crippen MR) is 120 cm³/mol. The van der Waals surface area contributed by atoms with Gasteiger partial charge < -0.3 is 19.3 Å². The number of furan rings is 1.